The van der Waals surface area contributed by atoms with Crippen LogP contribution in [-0.4, -0.2) is 4.98 Å². The molecule has 4 nitrogen and oxygen atoms in total. The van der Waals surface area contributed by atoms with E-state index in [0.717, 1.165) is 16.8 Å². The van der Waals surface area contributed by atoms with Crippen LogP contribution in [0, 0.1) is 39.0 Å². The summed E-state index contributed by atoms with van der Waals surface area (Å²) in [5, 5.41) is 9.24. The maximum absolute atomic E-state index is 9.24. The van der Waals surface area contributed by atoms with Gasteiger partial charge in [0.2, 0.25) is 0 Å². The molecular weight excluding hydrogens is 250 g/mol. The smallest absolute Gasteiger partial charge is 0.148 e. The summed E-state index contributed by atoms with van der Waals surface area (Å²) in [4.78, 5) is 4.27. The van der Waals surface area contributed by atoms with Crippen molar-refractivity contribution in [1.82, 2.24) is 4.98 Å². The van der Waals surface area contributed by atoms with Crippen LogP contribution in [0.5, 0.6) is 11.5 Å². The van der Waals surface area contributed by atoms with E-state index in [9.17, 15) is 5.26 Å². The van der Waals surface area contributed by atoms with Crippen molar-refractivity contribution in [2.45, 2.75) is 27.7 Å². The first-order valence-electron chi connectivity index (χ1n) is 6.35. The fourth-order valence-corrected chi connectivity index (χ4v) is 2.09. The van der Waals surface area contributed by atoms with Crippen molar-refractivity contribution >= 4 is 5.69 Å². The molecule has 20 heavy (non-hydrogen) atoms. The van der Waals surface area contributed by atoms with Crippen LogP contribution in [0.3, 0.4) is 0 Å². The van der Waals surface area contributed by atoms with Crippen LogP contribution < -0.4 is 10.5 Å². The van der Waals surface area contributed by atoms with Crippen LogP contribution in [0.1, 0.15) is 28.1 Å². The lowest BCUT2D eigenvalue weighted by atomic mass is 10.1. The molecule has 0 saturated carbocycles. The van der Waals surface area contributed by atoms with Crippen molar-refractivity contribution in [2.24, 2.45) is 0 Å². The number of aromatic nitrogens is 1. The first-order valence-corrected chi connectivity index (χ1v) is 6.35. The van der Waals surface area contributed by atoms with Gasteiger partial charge in [0.15, 0.2) is 0 Å². The Bertz CT molecular complexity index is 715. The lowest BCUT2D eigenvalue weighted by Gasteiger charge is -2.13. The van der Waals surface area contributed by atoms with Gasteiger partial charge >= 0.3 is 0 Å². The highest BCUT2D eigenvalue weighted by Crippen LogP contribution is 2.31. The van der Waals surface area contributed by atoms with Crippen molar-refractivity contribution in [3.05, 3.63) is 46.3 Å². The predicted molar refractivity (Wildman–Crippen MR) is 78.8 cm³/mol. The van der Waals surface area contributed by atoms with Crippen LogP contribution in [0.2, 0.25) is 0 Å². The molecule has 0 radical (unpaired) electrons. The normalized spacial score (nSPS) is 10.2. The van der Waals surface area contributed by atoms with Gasteiger partial charge in [0.1, 0.15) is 23.1 Å². The van der Waals surface area contributed by atoms with Crippen molar-refractivity contribution in [3.63, 3.8) is 0 Å². The van der Waals surface area contributed by atoms with E-state index in [2.05, 4.69) is 11.1 Å². The molecular formula is C16H17N3O. The molecule has 0 amide bonds. The fourth-order valence-electron chi connectivity index (χ4n) is 2.09. The van der Waals surface area contributed by atoms with Crippen molar-refractivity contribution < 1.29 is 4.74 Å². The molecule has 2 aromatic rings. The van der Waals surface area contributed by atoms with Crippen molar-refractivity contribution in [1.29, 1.82) is 5.26 Å². The summed E-state index contributed by atoms with van der Waals surface area (Å²) in [5.74, 6) is 1.18. The molecule has 0 aliphatic rings. The number of aryl methyl sites for hydroxylation is 4. The third-order valence-electron chi connectivity index (χ3n) is 3.19. The maximum atomic E-state index is 9.24. The molecule has 1 aromatic heterocycles. The number of rotatable bonds is 2. The van der Waals surface area contributed by atoms with Crippen LogP contribution in [0.4, 0.5) is 5.69 Å². The highest BCUT2D eigenvalue weighted by Gasteiger charge is 2.12. The molecule has 2 rings (SSSR count). The van der Waals surface area contributed by atoms with E-state index >= 15 is 0 Å². The molecule has 1 heterocycles. The Hall–Kier alpha value is -2.54. The zero-order valence-electron chi connectivity index (χ0n) is 12.1. The molecule has 102 valence electrons. The lowest BCUT2D eigenvalue weighted by Crippen LogP contribution is -1.99. The van der Waals surface area contributed by atoms with Gasteiger partial charge in [0.25, 0.3) is 0 Å². The second-order valence-electron chi connectivity index (χ2n) is 4.91. The molecule has 1 aromatic carbocycles. The summed E-state index contributed by atoms with van der Waals surface area (Å²) >= 11 is 0. The van der Waals surface area contributed by atoms with Gasteiger partial charge in [-0.3, -0.25) is 4.98 Å². The number of hydrogen-bond acceptors (Lipinski definition) is 4. The summed E-state index contributed by atoms with van der Waals surface area (Å²) in [7, 11) is 0. The Labute approximate surface area is 118 Å². The first kappa shape index (κ1) is 13.9. The molecule has 0 aliphatic carbocycles. The standard InChI is InChI=1S/C16H17N3O/c1-9-5-10(2)15(7-14(9)18)20-16-6-11(3)19-12(4)13(16)8-17/h5-7H,18H2,1-4H3. The van der Waals surface area contributed by atoms with Gasteiger partial charge in [-0.25, -0.2) is 0 Å². The first-order chi connectivity index (χ1) is 9.42. The van der Waals surface area contributed by atoms with E-state index in [0.29, 0.717) is 28.4 Å². The third-order valence-corrected chi connectivity index (χ3v) is 3.19. The number of hydrogen-bond donors (Lipinski definition) is 1. The lowest BCUT2D eigenvalue weighted by molar-refractivity contribution is 0.475. The second kappa shape index (κ2) is 5.22. The highest BCUT2D eigenvalue weighted by molar-refractivity contribution is 5.56. The molecule has 0 aliphatic heterocycles. The third kappa shape index (κ3) is 2.57. The topological polar surface area (TPSA) is 71.9 Å². The summed E-state index contributed by atoms with van der Waals surface area (Å²) in [6.07, 6.45) is 0. The molecule has 0 fully saturated rings. The number of anilines is 1. The van der Waals surface area contributed by atoms with Crippen LogP contribution in [0.15, 0.2) is 18.2 Å². The molecule has 0 bridgehead atoms. The minimum Gasteiger partial charge on any atom is -0.455 e. The number of benzene rings is 1. The summed E-state index contributed by atoms with van der Waals surface area (Å²) in [6.45, 7) is 7.58. The Morgan fingerprint density at radius 3 is 2.40 bits per heavy atom. The number of ether oxygens (including phenoxy) is 1. The Balaban J connectivity index is 2.51. The monoisotopic (exact) mass is 267 g/mol. The van der Waals surface area contributed by atoms with E-state index in [1.54, 1.807) is 19.1 Å². The van der Waals surface area contributed by atoms with E-state index in [-0.39, 0.29) is 0 Å². The summed E-state index contributed by atoms with van der Waals surface area (Å²) in [6, 6.07) is 7.66. The van der Waals surface area contributed by atoms with Crippen molar-refractivity contribution in [2.75, 3.05) is 5.73 Å². The van der Waals surface area contributed by atoms with Gasteiger partial charge < -0.3 is 10.5 Å². The predicted octanol–water partition coefficient (Wildman–Crippen LogP) is 3.56. The fraction of sp³-hybridized carbons (Fsp3) is 0.250. The van der Waals surface area contributed by atoms with Gasteiger partial charge in [0, 0.05) is 23.5 Å². The van der Waals surface area contributed by atoms with Gasteiger partial charge in [-0.1, -0.05) is 6.07 Å². The number of pyridine rings is 1. The van der Waals surface area contributed by atoms with E-state index in [4.69, 9.17) is 10.5 Å². The second-order valence-corrected chi connectivity index (χ2v) is 4.91. The molecule has 0 unspecified atom stereocenters. The Kier molecular flexibility index (Phi) is 3.62. The highest BCUT2D eigenvalue weighted by atomic mass is 16.5. The SMILES string of the molecule is Cc1cc(Oc2cc(N)c(C)cc2C)c(C#N)c(C)n1. The number of nitrogen functional groups attached to an aromatic ring is 1. The summed E-state index contributed by atoms with van der Waals surface area (Å²) in [5.41, 5.74) is 10.5. The number of nitriles is 1. The quantitative estimate of drug-likeness (QED) is 0.844. The summed E-state index contributed by atoms with van der Waals surface area (Å²) < 4.78 is 5.89. The molecule has 0 spiro atoms. The number of nitrogens with two attached hydrogens (primary N) is 1. The number of nitrogens with zero attached hydrogens (tertiary/aromatic N) is 2. The van der Waals surface area contributed by atoms with Gasteiger partial charge in [-0.05, 0) is 38.8 Å². The average Bonchev–Trinajstić information content (AvgIpc) is 2.35. The minimum atomic E-state index is 0.453. The average molecular weight is 267 g/mol. The maximum Gasteiger partial charge on any atom is 0.148 e. The van der Waals surface area contributed by atoms with E-state index in [1.165, 1.54) is 0 Å². The molecule has 0 atom stereocenters. The minimum absolute atomic E-state index is 0.453. The van der Waals surface area contributed by atoms with Crippen LogP contribution >= 0.6 is 0 Å². The van der Waals surface area contributed by atoms with Crippen molar-refractivity contribution in [3.8, 4) is 17.6 Å². The van der Waals surface area contributed by atoms with Crippen LogP contribution in [0.25, 0.3) is 0 Å². The zero-order chi connectivity index (χ0) is 14.9. The Morgan fingerprint density at radius 1 is 1.05 bits per heavy atom. The van der Waals surface area contributed by atoms with Gasteiger partial charge in [-0.15, -0.1) is 0 Å². The van der Waals surface area contributed by atoms with Crippen LogP contribution in [-0.2, 0) is 0 Å². The molecule has 0 saturated heterocycles. The largest absolute Gasteiger partial charge is 0.455 e. The van der Waals surface area contributed by atoms with E-state index < -0.39 is 0 Å². The van der Waals surface area contributed by atoms with Gasteiger partial charge in [0.05, 0.1) is 5.69 Å². The zero-order valence-corrected chi connectivity index (χ0v) is 12.1. The van der Waals surface area contributed by atoms with Gasteiger partial charge in [-0.2, -0.15) is 5.26 Å². The molecule has 2 N–H and O–H groups in total. The Morgan fingerprint density at radius 2 is 1.75 bits per heavy atom. The molecule has 4 heteroatoms. The van der Waals surface area contributed by atoms with E-state index in [1.807, 2.05) is 26.8 Å².